The molecule has 0 heterocycles. The Bertz CT molecular complexity index is 351. The van der Waals surface area contributed by atoms with Gasteiger partial charge in [0.15, 0.2) is 0 Å². The third-order valence-electron chi connectivity index (χ3n) is 3.12. The van der Waals surface area contributed by atoms with Crippen LogP contribution >= 0.6 is 0 Å². The molecular weight excluding hydrogens is 234 g/mol. The van der Waals surface area contributed by atoms with Gasteiger partial charge in [0.2, 0.25) is 0 Å². The zero-order valence-corrected chi connectivity index (χ0v) is 13.1. The Kier molecular flexibility index (Phi) is 6.53. The van der Waals surface area contributed by atoms with E-state index in [0.29, 0.717) is 6.04 Å². The SMILES string of the molecule is CCNC(COC(C)(C)C)Cc1ccc(CC)cc1. The molecule has 0 spiro atoms. The van der Waals surface area contributed by atoms with E-state index in [1.165, 1.54) is 11.1 Å². The Hall–Kier alpha value is -0.860. The summed E-state index contributed by atoms with van der Waals surface area (Å²) in [5, 5.41) is 3.51. The molecule has 108 valence electrons. The molecule has 0 radical (unpaired) electrons. The van der Waals surface area contributed by atoms with Crippen molar-refractivity contribution >= 4 is 0 Å². The van der Waals surface area contributed by atoms with Gasteiger partial charge in [-0.15, -0.1) is 0 Å². The highest BCUT2D eigenvalue weighted by molar-refractivity contribution is 5.23. The highest BCUT2D eigenvalue weighted by Gasteiger charge is 2.15. The third kappa shape index (κ3) is 6.74. The van der Waals surface area contributed by atoms with Gasteiger partial charge in [-0.25, -0.2) is 0 Å². The van der Waals surface area contributed by atoms with Gasteiger partial charge in [-0.1, -0.05) is 38.1 Å². The Morgan fingerprint density at radius 3 is 2.11 bits per heavy atom. The Balaban J connectivity index is 2.56. The standard InChI is InChI=1S/C17H29NO/c1-6-14-8-10-15(11-9-14)12-16(18-7-2)13-19-17(3,4)5/h8-11,16,18H,6-7,12-13H2,1-5H3. The van der Waals surface area contributed by atoms with Gasteiger partial charge in [0, 0.05) is 6.04 Å². The number of hydrogen-bond donors (Lipinski definition) is 1. The minimum absolute atomic E-state index is 0.0697. The number of nitrogens with one attached hydrogen (secondary N) is 1. The minimum atomic E-state index is -0.0697. The van der Waals surface area contributed by atoms with Crippen molar-refractivity contribution in [3.05, 3.63) is 35.4 Å². The Morgan fingerprint density at radius 1 is 1.05 bits per heavy atom. The largest absolute Gasteiger partial charge is 0.374 e. The van der Waals surface area contributed by atoms with Crippen molar-refractivity contribution in [1.82, 2.24) is 5.32 Å². The third-order valence-corrected chi connectivity index (χ3v) is 3.12. The van der Waals surface area contributed by atoms with Crippen molar-refractivity contribution in [2.45, 2.75) is 59.1 Å². The quantitative estimate of drug-likeness (QED) is 0.812. The van der Waals surface area contributed by atoms with E-state index < -0.39 is 0 Å². The van der Waals surface area contributed by atoms with E-state index in [0.717, 1.165) is 26.0 Å². The first-order valence-electron chi connectivity index (χ1n) is 7.39. The molecule has 1 rings (SSSR count). The first-order valence-corrected chi connectivity index (χ1v) is 7.39. The molecule has 0 amide bonds. The van der Waals surface area contributed by atoms with Crippen molar-refractivity contribution < 1.29 is 4.74 Å². The summed E-state index contributed by atoms with van der Waals surface area (Å²) in [5.41, 5.74) is 2.70. The molecule has 0 aliphatic carbocycles. The molecule has 0 fully saturated rings. The molecule has 1 N–H and O–H groups in total. The molecule has 0 saturated heterocycles. The maximum atomic E-state index is 5.90. The van der Waals surface area contributed by atoms with Crippen LogP contribution in [0.2, 0.25) is 0 Å². The summed E-state index contributed by atoms with van der Waals surface area (Å²) in [5.74, 6) is 0. The molecular formula is C17H29NO. The highest BCUT2D eigenvalue weighted by atomic mass is 16.5. The number of aryl methyl sites for hydroxylation is 1. The summed E-state index contributed by atoms with van der Waals surface area (Å²) in [6.07, 6.45) is 2.12. The van der Waals surface area contributed by atoms with E-state index in [-0.39, 0.29) is 5.60 Å². The van der Waals surface area contributed by atoms with Gasteiger partial charge in [0.05, 0.1) is 12.2 Å². The van der Waals surface area contributed by atoms with Gasteiger partial charge >= 0.3 is 0 Å². The lowest BCUT2D eigenvalue weighted by Gasteiger charge is -2.25. The van der Waals surface area contributed by atoms with Gasteiger partial charge in [-0.05, 0) is 51.3 Å². The number of ether oxygens (including phenoxy) is 1. The fourth-order valence-electron chi connectivity index (χ4n) is 2.02. The number of hydrogen-bond acceptors (Lipinski definition) is 2. The smallest absolute Gasteiger partial charge is 0.0629 e. The number of likely N-dealkylation sites (N-methyl/N-ethyl adjacent to an activating group) is 1. The van der Waals surface area contributed by atoms with Crippen molar-refractivity contribution in [3.8, 4) is 0 Å². The van der Waals surface area contributed by atoms with Gasteiger partial charge < -0.3 is 10.1 Å². The van der Waals surface area contributed by atoms with E-state index in [1.54, 1.807) is 0 Å². The molecule has 1 unspecified atom stereocenters. The van der Waals surface area contributed by atoms with Crippen LogP contribution in [0.4, 0.5) is 0 Å². The van der Waals surface area contributed by atoms with Crippen LogP contribution in [0.3, 0.4) is 0 Å². The summed E-state index contributed by atoms with van der Waals surface area (Å²) >= 11 is 0. The summed E-state index contributed by atoms with van der Waals surface area (Å²) < 4.78 is 5.90. The van der Waals surface area contributed by atoms with Crippen molar-refractivity contribution in [1.29, 1.82) is 0 Å². The summed E-state index contributed by atoms with van der Waals surface area (Å²) in [4.78, 5) is 0. The average Bonchev–Trinajstić information content (AvgIpc) is 2.36. The Morgan fingerprint density at radius 2 is 1.63 bits per heavy atom. The van der Waals surface area contributed by atoms with E-state index in [9.17, 15) is 0 Å². The van der Waals surface area contributed by atoms with Gasteiger partial charge in [0.1, 0.15) is 0 Å². The molecule has 1 atom stereocenters. The highest BCUT2D eigenvalue weighted by Crippen LogP contribution is 2.11. The van der Waals surface area contributed by atoms with Gasteiger partial charge in [-0.3, -0.25) is 0 Å². The average molecular weight is 263 g/mol. The van der Waals surface area contributed by atoms with E-state index in [2.05, 4.69) is 64.2 Å². The second kappa shape index (κ2) is 7.66. The van der Waals surface area contributed by atoms with Crippen LogP contribution in [0.1, 0.15) is 45.7 Å². The molecule has 0 bridgehead atoms. The van der Waals surface area contributed by atoms with E-state index in [1.807, 2.05) is 0 Å². The predicted molar refractivity (Wildman–Crippen MR) is 82.7 cm³/mol. The number of benzene rings is 1. The van der Waals surface area contributed by atoms with Crippen LogP contribution in [-0.2, 0) is 17.6 Å². The van der Waals surface area contributed by atoms with Crippen LogP contribution in [0.15, 0.2) is 24.3 Å². The summed E-state index contributed by atoms with van der Waals surface area (Å²) in [6.45, 7) is 12.4. The maximum absolute atomic E-state index is 5.90. The minimum Gasteiger partial charge on any atom is -0.374 e. The fraction of sp³-hybridized carbons (Fsp3) is 0.647. The van der Waals surface area contributed by atoms with E-state index >= 15 is 0 Å². The first-order chi connectivity index (χ1) is 8.94. The van der Waals surface area contributed by atoms with Crippen molar-refractivity contribution in [3.63, 3.8) is 0 Å². The van der Waals surface area contributed by atoms with Crippen LogP contribution in [0.5, 0.6) is 0 Å². The topological polar surface area (TPSA) is 21.3 Å². The fourth-order valence-corrected chi connectivity index (χ4v) is 2.02. The van der Waals surface area contributed by atoms with Gasteiger partial charge in [-0.2, -0.15) is 0 Å². The second-order valence-electron chi connectivity index (χ2n) is 6.05. The van der Waals surface area contributed by atoms with Crippen LogP contribution in [0, 0.1) is 0 Å². The molecule has 19 heavy (non-hydrogen) atoms. The van der Waals surface area contributed by atoms with Crippen LogP contribution in [0.25, 0.3) is 0 Å². The lowest BCUT2D eigenvalue weighted by atomic mass is 10.0. The molecule has 2 heteroatoms. The number of rotatable bonds is 7. The molecule has 0 aliphatic rings. The first kappa shape index (κ1) is 16.2. The zero-order chi connectivity index (χ0) is 14.3. The molecule has 1 aromatic carbocycles. The second-order valence-corrected chi connectivity index (χ2v) is 6.05. The van der Waals surface area contributed by atoms with Crippen LogP contribution < -0.4 is 5.32 Å². The summed E-state index contributed by atoms with van der Waals surface area (Å²) in [6, 6.07) is 9.31. The normalized spacial score (nSPS) is 13.5. The maximum Gasteiger partial charge on any atom is 0.0629 e. The Labute approximate surface area is 118 Å². The molecule has 0 aromatic heterocycles. The lowest BCUT2D eigenvalue weighted by Crippen LogP contribution is -2.38. The predicted octanol–water partition coefficient (Wildman–Crippen LogP) is 3.58. The van der Waals surface area contributed by atoms with E-state index in [4.69, 9.17) is 4.74 Å². The molecule has 0 saturated carbocycles. The lowest BCUT2D eigenvalue weighted by molar-refractivity contribution is -0.0141. The zero-order valence-electron chi connectivity index (χ0n) is 13.1. The van der Waals surface area contributed by atoms with Crippen LogP contribution in [-0.4, -0.2) is 24.8 Å². The molecule has 1 aromatic rings. The molecule has 0 aliphatic heterocycles. The van der Waals surface area contributed by atoms with Crippen molar-refractivity contribution in [2.75, 3.05) is 13.2 Å². The summed E-state index contributed by atoms with van der Waals surface area (Å²) in [7, 11) is 0. The monoisotopic (exact) mass is 263 g/mol. The molecule has 2 nitrogen and oxygen atoms in total. The van der Waals surface area contributed by atoms with Gasteiger partial charge in [0.25, 0.3) is 0 Å². The van der Waals surface area contributed by atoms with Crippen molar-refractivity contribution in [2.24, 2.45) is 0 Å².